The summed E-state index contributed by atoms with van der Waals surface area (Å²) in [5, 5.41) is 3.14. The molecule has 100 valence electrons. The Kier molecular flexibility index (Phi) is 3.05. The first-order valence-corrected chi connectivity index (χ1v) is 6.55. The van der Waals surface area contributed by atoms with Crippen molar-refractivity contribution >= 4 is 0 Å². The van der Waals surface area contributed by atoms with Crippen LogP contribution in [0.5, 0.6) is 0 Å². The highest BCUT2D eigenvalue weighted by Gasteiger charge is 2.30. The van der Waals surface area contributed by atoms with Crippen LogP contribution in [0.15, 0.2) is 78.6 Å². The van der Waals surface area contributed by atoms with Gasteiger partial charge in [-0.25, -0.2) is 0 Å². The molecule has 0 radical (unpaired) electrons. The molecule has 0 saturated heterocycles. The third kappa shape index (κ3) is 2.08. The predicted molar refractivity (Wildman–Crippen MR) is 82.3 cm³/mol. The summed E-state index contributed by atoms with van der Waals surface area (Å²) in [6.45, 7) is 0. The molecule has 0 aromatic heterocycles. The lowest BCUT2D eigenvalue weighted by atomic mass is 9.92. The molecule has 1 heterocycles. The second kappa shape index (κ2) is 4.87. The van der Waals surface area contributed by atoms with E-state index >= 15 is 0 Å². The molecule has 1 atom stereocenters. The van der Waals surface area contributed by atoms with E-state index in [0.717, 1.165) is 16.7 Å². The number of hydrogen-bond donors (Lipinski definition) is 3. The Morgan fingerprint density at radius 2 is 1.65 bits per heavy atom. The van der Waals surface area contributed by atoms with Crippen molar-refractivity contribution in [1.29, 1.82) is 0 Å². The minimum Gasteiger partial charge on any atom is -0.399 e. The van der Waals surface area contributed by atoms with E-state index in [1.54, 1.807) is 0 Å². The van der Waals surface area contributed by atoms with Gasteiger partial charge in [0, 0.05) is 0 Å². The maximum atomic E-state index is 6.42. The molecule has 2 aromatic rings. The van der Waals surface area contributed by atoms with Gasteiger partial charge in [0.2, 0.25) is 0 Å². The molecule has 0 bridgehead atoms. The van der Waals surface area contributed by atoms with Gasteiger partial charge < -0.3 is 11.1 Å². The van der Waals surface area contributed by atoms with Gasteiger partial charge in [-0.2, -0.15) is 0 Å². The smallest absolute Gasteiger partial charge is 0.153 e. The molecule has 0 aliphatic carbocycles. The summed E-state index contributed by atoms with van der Waals surface area (Å²) in [5.74, 6) is 0. The summed E-state index contributed by atoms with van der Waals surface area (Å²) in [5.41, 5.74) is 15.4. The van der Waals surface area contributed by atoms with Gasteiger partial charge in [-0.3, -0.25) is 5.73 Å². The van der Waals surface area contributed by atoms with Gasteiger partial charge in [0.15, 0.2) is 5.66 Å². The van der Waals surface area contributed by atoms with Crippen LogP contribution in [0.4, 0.5) is 0 Å². The topological polar surface area (TPSA) is 64.1 Å². The van der Waals surface area contributed by atoms with Gasteiger partial charge in [0.05, 0.1) is 5.70 Å². The molecule has 3 nitrogen and oxygen atoms in total. The van der Waals surface area contributed by atoms with Crippen molar-refractivity contribution in [1.82, 2.24) is 5.32 Å². The van der Waals surface area contributed by atoms with Crippen LogP contribution >= 0.6 is 0 Å². The Bertz CT molecular complexity index is 674. The van der Waals surface area contributed by atoms with Crippen LogP contribution in [0.1, 0.15) is 5.56 Å². The summed E-state index contributed by atoms with van der Waals surface area (Å²) in [6, 6.07) is 18.3. The second-order valence-electron chi connectivity index (χ2n) is 4.88. The molecule has 3 heteroatoms. The zero-order valence-electron chi connectivity index (χ0n) is 11.1. The fourth-order valence-electron chi connectivity index (χ4n) is 2.37. The highest BCUT2D eigenvalue weighted by atomic mass is 15.1. The SMILES string of the molecule is NC1=CC=CNC1(N)c1cccc(-c2ccccc2)c1. The largest absolute Gasteiger partial charge is 0.399 e. The first-order chi connectivity index (χ1) is 9.70. The fourth-order valence-corrected chi connectivity index (χ4v) is 2.37. The molecule has 0 spiro atoms. The maximum Gasteiger partial charge on any atom is 0.153 e. The van der Waals surface area contributed by atoms with E-state index in [1.165, 1.54) is 0 Å². The average molecular weight is 263 g/mol. The second-order valence-corrected chi connectivity index (χ2v) is 4.88. The van der Waals surface area contributed by atoms with Crippen LogP contribution in [-0.2, 0) is 5.66 Å². The normalized spacial score (nSPS) is 21.1. The Balaban J connectivity index is 2.05. The van der Waals surface area contributed by atoms with E-state index in [4.69, 9.17) is 11.5 Å². The van der Waals surface area contributed by atoms with Crippen LogP contribution in [0, 0.1) is 0 Å². The standard InChI is InChI=1S/C17H17N3/c18-16-10-5-11-20-17(16,19)15-9-4-8-14(12-15)13-6-2-1-3-7-13/h1-12,20H,18-19H2. The quantitative estimate of drug-likeness (QED) is 0.779. The van der Waals surface area contributed by atoms with E-state index in [9.17, 15) is 0 Å². The lowest BCUT2D eigenvalue weighted by Gasteiger charge is -2.33. The Labute approximate surface area is 118 Å². The summed E-state index contributed by atoms with van der Waals surface area (Å²) in [6.07, 6.45) is 5.48. The zero-order chi connectivity index (χ0) is 14.0. The first-order valence-electron chi connectivity index (χ1n) is 6.55. The summed E-state index contributed by atoms with van der Waals surface area (Å²) in [7, 11) is 0. The van der Waals surface area contributed by atoms with Gasteiger partial charge in [0.25, 0.3) is 0 Å². The molecule has 0 saturated carbocycles. The molecule has 5 N–H and O–H groups in total. The van der Waals surface area contributed by atoms with E-state index in [2.05, 4.69) is 29.6 Å². The molecular formula is C17H17N3. The van der Waals surface area contributed by atoms with Crippen molar-refractivity contribution in [3.05, 3.63) is 84.2 Å². The van der Waals surface area contributed by atoms with Gasteiger partial charge in [0.1, 0.15) is 0 Å². The van der Waals surface area contributed by atoms with Crippen molar-refractivity contribution in [2.45, 2.75) is 5.66 Å². The minimum absolute atomic E-state index is 0.602. The zero-order valence-corrected chi connectivity index (χ0v) is 11.1. The van der Waals surface area contributed by atoms with Gasteiger partial charge in [-0.15, -0.1) is 0 Å². The number of hydrogen-bond acceptors (Lipinski definition) is 3. The number of dihydropyridines is 1. The average Bonchev–Trinajstić information content (AvgIpc) is 2.51. The molecule has 1 aliphatic heterocycles. The number of allylic oxidation sites excluding steroid dienone is 2. The van der Waals surface area contributed by atoms with Crippen LogP contribution in [0.2, 0.25) is 0 Å². The van der Waals surface area contributed by atoms with E-state index in [0.29, 0.717) is 5.70 Å². The highest BCUT2D eigenvalue weighted by Crippen LogP contribution is 2.27. The molecular weight excluding hydrogens is 246 g/mol. The van der Waals surface area contributed by atoms with Crippen molar-refractivity contribution in [2.75, 3.05) is 0 Å². The summed E-state index contributed by atoms with van der Waals surface area (Å²) >= 11 is 0. The molecule has 3 rings (SSSR count). The van der Waals surface area contributed by atoms with Gasteiger partial charge in [-0.05, 0) is 41.1 Å². The lowest BCUT2D eigenvalue weighted by Crippen LogP contribution is -2.53. The van der Waals surface area contributed by atoms with E-state index in [1.807, 2.05) is 48.7 Å². The van der Waals surface area contributed by atoms with Crippen LogP contribution < -0.4 is 16.8 Å². The lowest BCUT2D eigenvalue weighted by molar-refractivity contribution is 0.457. The maximum absolute atomic E-state index is 6.42. The number of benzene rings is 2. The van der Waals surface area contributed by atoms with Crippen molar-refractivity contribution < 1.29 is 0 Å². The molecule has 0 amide bonds. The third-order valence-electron chi connectivity index (χ3n) is 3.56. The molecule has 20 heavy (non-hydrogen) atoms. The van der Waals surface area contributed by atoms with E-state index in [-0.39, 0.29) is 0 Å². The van der Waals surface area contributed by atoms with Gasteiger partial charge >= 0.3 is 0 Å². The third-order valence-corrected chi connectivity index (χ3v) is 3.56. The van der Waals surface area contributed by atoms with Crippen LogP contribution in [-0.4, -0.2) is 0 Å². The predicted octanol–water partition coefficient (Wildman–Crippen LogP) is 2.42. The van der Waals surface area contributed by atoms with Crippen molar-refractivity contribution in [2.24, 2.45) is 11.5 Å². The minimum atomic E-state index is -0.848. The Morgan fingerprint density at radius 3 is 2.40 bits per heavy atom. The fraction of sp³-hybridized carbons (Fsp3) is 0.0588. The number of nitrogens with one attached hydrogen (secondary N) is 1. The van der Waals surface area contributed by atoms with Crippen molar-refractivity contribution in [3.8, 4) is 11.1 Å². The Hall–Kier alpha value is -2.52. The first kappa shape index (κ1) is 12.5. The molecule has 1 aliphatic rings. The van der Waals surface area contributed by atoms with E-state index < -0.39 is 5.66 Å². The van der Waals surface area contributed by atoms with Crippen LogP contribution in [0.25, 0.3) is 11.1 Å². The number of rotatable bonds is 2. The van der Waals surface area contributed by atoms with Gasteiger partial charge in [-0.1, -0.05) is 48.5 Å². The summed E-state index contributed by atoms with van der Waals surface area (Å²) in [4.78, 5) is 0. The number of nitrogens with two attached hydrogens (primary N) is 2. The molecule has 0 fully saturated rings. The molecule has 2 aromatic carbocycles. The molecule has 1 unspecified atom stereocenters. The van der Waals surface area contributed by atoms with Crippen LogP contribution in [0.3, 0.4) is 0 Å². The van der Waals surface area contributed by atoms with Crippen molar-refractivity contribution in [3.63, 3.8) is 0 Å². The summed E-state index contributed by atoms with van der Waals surface area (Å²) < 4.78 is 0. The highest BCUT2D eigenvalue weighted by molar-refractivity contribution is 5.64. The monoisotopic (exact) mass is 263 g/mol. The Morgan fingerprint density at radius 1 is 0.900 bits per heavy atom.